The molecule has 0 saturated heterocycles. The Kier molecular flexibility index (Phi) is 4.82. The molecule has 0 aliphatic carbocycles. The van der Waals surface area contributed by atoms with E-state index in [9.17, 15) is 13.6 Å². The van der Waals surface area contributed by atoms with Crippen LogP contribution in [0.5, 0.6) is 0 Å². The molecule has 0 unspecified atom stereocenters. The normalized spacial score (nSPS) is 11.2. The Morgan fingerprint density at radius 1 is 1.25 bits per heavy atom. The van der Waals surface area contributed by atoms with Gasteiger partial charge in [0, 0.05) is 6.07 Å². The van der Waals surface area contributed by atoms with Gasteiger partial charge in [0.25, 0.3) is 0 Å². The zero-order valence-electron chi connectivity index (χ0n) is 12.9. The number of carbonyl (C=O) groups is 1. The Labute approximate surface area is 141 Å². The molecule has 1 aromatic heterocycles. The summed E-state index contributed by atoms with van der Waals surface area (Å²) in [5.74, 6) is -1.85. The van der Waals surface area contributed by atoms with Crippen LogP contribution in [-0.4, -0.2) is 29.4 Å². The third-order valence-corrected chi connectivity index (χ3v) is 4.38. The summed E-state index contributed by atoms with van der Waals surface area (Å²) in [6.45, 7) is 0.589. The second-order valence-electron chi connectivity index (χ2n) is 5.42. The number of nitrogens with zero attached hydrogens (tertiary/aromatic N) is 2. The van der Waals surface area contributed by atoms with Crippen LogP contribution >= 0.6 is 11.3 Å². The third-order valence-electron chi connectivity index (χ3n) is 3.36. The van der Waals surface area contributed by atoms with Gasteiger partial charge in [-0.3, -0.25) is 9.69 Å². The number of likely N-dealkylation sites (N-methyl/N-ethyl adjacent to an activating group) is 1. The van der Waals surface area contributed by atoms with Gasteiger partial charge in [-0.25, -0.2) is 13.8 Å². The van der Waals surface area contributed by atoms with Gasteiger partial charge in [-0.05, 0) is 31.3 Å². The topological polar surface area (TPSA) is 45.2 Å². The minimum absolute atomic E-state index is 0.0326. The molecule has 2 aromatic carbocycles. The highest BCUT2D eigenvalue weighted by molar-refractivity contribution is 7.18. The zero-order valence-corrected chi connectivity index (χ0v) is 13.7. The van der Waals surface area contributed by atoms with Gasteiger partial charge in [0.2, 0.25) is 5.91 Å². The fraction of sp³-hybridized carbons (Fsp3) is 0.176. The molecular formula is C17H15F2N3OS. The molecule has 3 rings (SSSR count). The minimum Gasteiger partial charge on any atom is -0.322 e. The van der Waals surface area contributed by atoms with E-state index >= 15 is 0 Å². The van der Waals surface area contributed by atoms with Crippen LogP contribution in [0.3, 0.4) is 0 Å². The molecule has 0 radical (unpaired) electrons. The van der Waals surface area contributed by atoms with Crippen molar-refractivity contribution in [2.45, 2.75) is 6.54 Å². The number of hydrogen-bond acceptors (Lipinski definition) is 4. The van der Waals surface area contributed by atoms with E-state index in [2.05, 4.69) is 10.3 Å². The highest BCUT2D eigenvalue weighted by Gasteiger charge is 2.12. The summed E-state index contributed by atoms with van der Waals surface area (Å²) in [6, 6.07) is 10.9. The highest BCUT2D eigenvalue weighted by Crippen LogP contribution is 2.22. The molecule has 1 amide bonds. The maximum Gasteiger partial charge on any atom is 0.238 e. The lowest BCUT2D eigenvalue weighted by Gasteiger charge is -2.15. The molecule has 0 bridgehead atoms. The second kappa shape index (κ2) is 7.02. The van der Waals surface area contributed by atoms with Crippen LogP contribution in [0.25, 0.3) is 10.2 Å². The number of thiazole rings is 1. The van der Waals surface area contributed by atoms with Crippen LogP contribution in [0.4, 0.5) is 14.5 Å². The molecule has 3 aromatic rings. The van der Waals surface area contributed by atoms with Crippen LogP contribution in [0.15, 0.2) is 42.5 Å². The largest absolute Gasteiger partial charge is 0.322 e. The van der Waals surface area contributed by atoms with E-state index < -0.39 is 11.6 Å². The van der Waals surface area contributed by atoms with Crippen molar-refractivity contribution in [2.75, 3.05) is 18.9 Å². The zero-order chi connectivity index (χ0) is 17.1. The van der Waals surface area contributed by atoms with Gasteiger partial charge in [0.1, 0.15) is 16.6 Å². The lowest BCUT2D eigenvalue weighted by atomic mass is 10.3. The van der Waals surface area contributed by atoms with Crippen molar-refractivity contribution in [3.05, 3.63) is 59.1 Å². The Morgan fingerprint density at radius 3 is 2.79 bits per heavy atom. The fourth-order valence-electron chi connectivity index (χ4n) is 2.30. The van der Waals surface area contributed by atoms with Gasteiger partial charge < -0.3 is 5.32 Å². The van der Waals surface area contributed by atoms with Crippen molar-refractivity contribution in [1.29, 1.82) is 0 Å². The standard InChI is InChI=1S/C17H15F2N3OS/c1-22(10-17-21-14-4-2-3-5-15(14)24-17)9-16(23)20-13-7-6-11(18)8-12(13)19/h2-8H,9-10H2,1H3,(H,20,23). The summed E-state index contributed by atoms with van der Waals surface area (Å²) >= 11 is 1.57. The summed E-state index contributed by atoms with van der Waals surface area (Å²) in [7, 11) is 1.78. The molecule has 0 spiro atoms. The van der Waals surface area contributed by atoms with E-state index in [1.165, 1.54) is 6.07 Å². The number of benzene rings is 2. The number of fused-ring (bicyclic) bond motifs is 1. The summed E-state index contributed by atoms with van der Waals surface area (Å²) in [6.07, 6.45) is 0. The molecule has 0 aliphatic heterocycles. The van der Waals surface area contributed by atoms with Crippen molar-refractivity contribution < 1.29 is 13.6 Å². The number of halogens is 2. The van der Waals surface area contributed by atoms with E-state index in [-0.39, 0.29) is 18.1 Å². The molecule has 124 valence electrons. The Morgan fingerprint density at radius 2 is 2.04 bits per heavy atom. The van der Waals surface area contributed by atoms with Crippen LogP contribution in [-0.2, 0) is 11.3 Å². The maximum atomic E-state index is 13.5. The molecule has 0 atom stereocenters. The number of aromatic nitrogens is 1. The van der Waals surface area contributed by atoms with Crippen LogP contribution in [0.2, 0.25) is 0 Å². The van der Waals surface area contributed by atoms with E-state index in [0.717, 1.165) is 27.4 Å². The first-order valence-electron chi connectivity index (χ1n) is 7.29. The first kappa shape index (κ1) is 16.5. The molecule has 0 saturated carbocycles. The van der Waals surface area contributed by atoms with Crippen molar-refractivity contribution in [3.8, 4) is 0 Å². The fourth-order valence-corrected chi connectivity index (χ4v) is 3.35. The second-order valence-corrected chi connectivity index (χ2v) is 6.54. The number of carbonyl (C=O) groups excluding carboxylic acids is 1. The monoisotopic (exact) mass is 347 g/mol. The maximum absolute atomic E-state index is 13.5. The molecule has 1 N–H and O–H groups in total. The van der Waals surface area contributed by atoms with Crippen molar-refractivity contribution in [3.63, 3.8) is 0 Å². The quantitative estimate of drug-likeness (QED) is 0.766. The van der Waals surface area contributed by atoms with E-state index in [4.69, 9.17) is 0 Å². The minimum atomic E-state index is -0.794. The van der Waals surface area contributed by atoms with Gasteiger partial charge in [0.05, 0.1) is 29.0 Å². The molecule has 0 fully saturated rings. The van der Waals surface area contributed by atoms with Crippen molar-refractivity contribution in [1.82, 2.24) is 9.88 Å². The third kappa shape index (κ3) is 3.93. The number of rotatable bonds is 5. The van der Waals surface area contributed by atoms with Crippen LogP contribution < -0.4 is 5.32 Å². The van der Waals surface area contributed by atoms with Crippen LogP contribution in [0, 0.1) is 11.6 Å². The van der Waals surface area contributed by atoms with E-state index in [0.29, 0.717) is 6.54 Å². The van der Waals surface area contributed by atoms with Gasteiger partial charge in [-0.2, -0.15) is 0 Å². The van der Waals surface area contributed by atoms with Crippen LogP contribution in [0.1, 0.15) is 5.01 Å². The summed E-state index contributed by atoms with van der Waals surface area (Å²) in [4.78, 5) is 18.3. The number of amides is 1. The summed E-state index contributed by atoms with van der Waals surface area (Å²) in [5, 5.41) is 3.34. The van der Waals surface area contributed by atoms with Gasteiger partial charge in [-0.15, -0.1) is 11.3 Å². The van der Waals surface area contributed by atoms with Gasteiger partial charge in [-0.1, -0.05) is 12.1 Å². The predicted octanol–water partition coefficient (Wildman–Crippen LogP) is 3.65. The summed E-state index contributed by atoms with van der Waals surface area (Å²) in [5.41, 5.74) is 0.901. The lowest BCUT2D eigenvalue weighted by Crippen LogP contribution is -2.30. The van der Waals surface area contributed by atoms with Gasteiger partial charge in [0.15, 0.2) is 0 Å². The average Bonchev–Trinajstić information content (AvgIpc) is 2.91. The number of anilines is 1. The highest BCUT2D eigenvalue weighted by atomic mass is 32.1. The smallest absolute Gasteiger partial charge is 0.238 e. The first-order valence-corrected chi connectivity index (χ1v) is 8.11. The Hall–Kier alpha value is -2.38. The van der Waals surface area contributed by atoms with Crippen molar-refractivity contribution in [2.24, 2.45) is 0 Å². The molecular weight excluding hydrogens is 332 g/mol. The lowest BCUT2D eigenvalue weighted by molar-refractivity contribution is -0.117. The molecule has 24 heavy (non-hydrogen) atoms. The number of hydrogen-bond donors (Lipinski definition) is 1. The predicted molar refractivity (Wildman–Crippen MR) is 90.9 cm³/mol. The summed E-state index contributed by atoms with van der Waals surface area (Å²) < 4.78 is 27.5. The SMILES string of the molecule is CN(CC(=O)Nc1ccc(F)cc1F)Cc1nc2ccccc2s1. The Bertz CT molecular complexity index is 848. The molecule has 0 aliphatic rings. The number of nitrogens with one attached hydrogen (secondary N) is 1. The van der Waals surface area contributed by atoms with E-state index in [1.54, 1.807) is 23.3 Å². The van der Waals surface area contributed by atoms with E-state index in [1.807, 2.05) is 24.3 Å². The van der Waals surface area contributed by atoms with Gasteiger partial charge >= 0.3 is 0 Å². The Balaban J connectivity index is 1.59. The molecule has 7 heteroatoms. The van der Waals surface area contributed by atoms with Crippen molar-refractivity contribution >= 4 is 33.1 Å². The molecule has 1 heterocycles. The average molecular weight is 347 g/mol. The first-order chi connectivity index (χ1) is 11.5. The molecule has 4 nitrogen and oxygen atoms in total. The number of para-hydroxylation sites is 1.